The Morgan fingerprint density at radius 1 is 0.545 bits per heavy atom. The predicted molar refractivity (Wildman–Crippen MR) is 114 cm³/mol. The van der Waals surface area contributed by atoms with Gasteiger partial charge in [0.15, 0.2) is 0 Å². The first kappa shape index (κ1) is 33.0. The van der Waals surface area contributed by atoms with Crippen LogP contribution in [0.2, 0.25) is 0 Å². The molecule has 1 N–H and O–H groups in total. The van der Waals surface area contributed by atoms with Crippen LogP contribution in [0.1, 0.15) is 90.4 Å². The van der Waals surface area contributed by atoms with Crippen molar-refractivity contribution in [2.45, 2.75) is 90.4 Å². The molecule has 0 aromatic carbocycles. The second-order valence-electron chi connectivity index (χ2n) is 6.05. The Hall–Kier alpha value is 3.39. The van der Waals surface area contributed by atoms with Crippen molar-refractivity contribution < 1.29 is 0 Å². The molecule has 0 aliphatic carbocycles. The van der Waals surface area contributed by atoms with Gasteiger partial charge in [-0.25, -0.2) is 0 Å². The molecule has 0 bridgehead atoms. The number of unbranched alkanes of at least 4 members (excludes halogenated alkanes) is 12. The molecule has 0 saturated heterocycles. The molecule has 0 heterocycles. The van der Waals surface area contributed by atoms with E-state index in [4.69, 9.17) is 0 Å². The Kier molecular flexibility index (Phi) is 43.8. The van der Waals surface area contributed by atoms with Gasteiger partial charge in [-0.05, 0) is 34.4 Å². The summed E-state index contributed by atoms with van der Waals surface area (Å²) in [5.41, 5.74) is 0. The Bertz CT molecular complexity index is 172. The molecule has 0 fully saturated rings. The quantitative estimate of drug-likeness (QED) is 0.260. The number of nitrogens with one attached hydrogen (secondary N) is 1. The third-order valence-corrected chi connectivity index (χ3v) is 4.56. The van der Waals surface area contributed by atoms with Crippen molar-refractivity contribution in [1.29, 1.82) is 0 Å². The van der Waals surface area contributed by atoms with Crippen LogP contribution in [0, 0.1) is 0 Å². The van der Waals surface area contributed by atoms with Gasteiger partial charge in [-0.1, -0.05) is 84.0 Å². The number of hydrogen-bond acceptors (Lipinski definition) is 1. The van der Waals surface area contributed by atoms with Gasteiger partial charge in [0.25, 0.3) is 0 Å². The van der Waals surface area contributed by atoms with Gasteiger partial charge in [-0.15, -0.1) is 0 Å². The SMILES string of the molecule is CCCCCCCCCCCCCCCNP(C)C.[NaH].[NaH].[NaH]. The Morgan fingerprint density at radius 3 is 1.18 bits per heavy atom. The molecule has 0 atom stereocenters. The van der Waals surface area contributed by atoms with Crippen molar-refractivity contribution >= 4 is 96.7 Å². The van der Waals surface area contributed by atoms with Crippen LogP contribution in [-0.4, -0.2) is 109 Å². The summed E-state index contributed by atoms with van der Waals surface area (Å²) in [6.45, 7) is 8.10. The van der Waals surface area contributed by atoms with Gasteiger partial charge in [-0.3, -0.25) is 5.09 Å². The minimum absolute atomic E-state index is 0. The second-order valence-corrected chi connectivity index (χ2v) is 8.15. The maximum absolute atomic E-state index is 3.55. The van der Waals surface area contributed by atoms with Crippen LogP contribution in [0.4, 0.5) is 0 Å². The van der Waals surface area contributed by atoms with E-state index in [0.717, 1.165) is 0 Å². The van der Waals surface area contributed by atoms with E-state index in [-0.39, 0.29) is 96.7 Å². The van der Waals surface area contributed by atoms with Crippen molar-refractivity contribution in [3.05, 3.63) is 0 Å². The normalized spacial score (nSPS) is 9.82. The third kappa shape index (κ3) is 31.2. The van der Waals surface area contributed by atoms with Gasteiger partial charge in [0.05, 0.1) is 0 Å². The van der Waals surface area contributed by atoms with Crippen LogP contribution in [0.5, 0.6) is 0 Å². The fourth-order valence-corrected chi connectivity index (χ4v) is 3.05. The summed E-state index contributed by atoms with van der Waals surface area (Å²) in [6, 6.07) is 0. The summed E-state index contributed by atoms with van der Waals surface area (Å²) in [7, 11) is 0.109. The fraction of sp³-hybridized carbons (Fsp3) is 1.00. The monoisotopic (exact) mass is 359 g/mol. The average Bonchev–Trinajstić information content (AvgIpc) is 2.39. The molecule has 5 heteroatoms. The van der Waals surface area contributed by atoms with Crippen LogP contribution in [0.15, 0.2) is 0 Å². The number of hydrogen-bond donors (Lipinski definition) is 1. The van der Waals surface area contributed by atoms with Gasteiger partial charge in [0, 0.05) is 0 Å². The topological polar surface area (TPSA) is 12.0 Å². The molecule has 0 rings (SSSR count). The van der Waals surface area contributed by atoms with Crippen molar-refractivity contribution in [3.63, 3.8) is 0 Å². The van der Waals surface area contributed by atoms with Crippen molar-refractivity contribution in [1.82, 2.24) is 5.09 Å². The molecule has 0 aliphatic heterocycles. The third-order valence-electron chi connectivity index (χ3n) is 3.71. The standard InChI is InChI=1S/C17H38NP.3Na.3H/c1-4-5-6-7-8-9-10-11-12-13-14-15-16-17-18-19(2)3;;;;;;/h18H,4-17H2,1-3H3;;;;;;. The number of rotatable bonds is 15. The van der Waals surface area contributed by atoms with Crippen LogP contribution in [0.25, 0.3) is 0 Å². The minimum atomic E-state index is 0. The van der Waals surface area contributed by atoms with E-state index in [1.807, 2.05) is 0 Å². The second kappa shape index (κ2) is 29.2. The molecule has 0 saturated carbocycles. The molecule has 0 amide bonds. The first-order valence-corrected chi connectivity index (χ1v) is 10.9. The van der Waals surface area contributed by atoms with Gasteiger partial charge in [0.1, 0.15) is 0 Å². The van der Waals surface area contributed by atoms with Gasteiger partial charge < -0.3 is 0 Å². The summed E-state index contributed by atoms with van der Waals surface area (Å²) >= 11 is 0. The Balaban J connectivity index is -0.000000540. The van der Waals surface area contributed by atoms with Crippen LogP contribution >= 0.6 is 8.07 Å². The molecule has 122 valence electrons. The zero-order valence-corrected chi connectivity index (χ0v) is 14.7. The van der Waals surface area contributed by atoms with Gasteiger partial charge in [0.2, 0.25) is 0 Å². The fourth-order valence-electron chi connectivity index (χ4n) is 2.45. The van der Waals surface area contributed by atoms with Crippen LogP contribution in [0.3, 0.4) is 0 Å². The zero-order chi connectivity index (χ0) is 14.2. The summed E-state index contributed by atoms with van der Waals surface area (Å²) in [5.74, 6) is 0. The molecular weight excluding hydrogens is 318 g/mol. The molecule has 0 spiro atoms. The molecule has 0 aromatic heterocycles. The zero-order valence-electron chi connectivity index (χ0n) is 13.8. The van der Waals surface area contributed by atoms with E-state index < -0.39 is 0 Å². The predicted octanol–water partition coefficient (Wildman–Crippen LogP) is 4.38. The van der Waals surface area contributed by atoms with Gasteiger partial charge >= 0.3 is 88.7 Å². The summed E-state index contributed by atoms with van der Waals surface area (Å²) < 4.78 is 0. The van der Waals surface area contributed by atoms with Crippen LogP contribution < -0.4 is 5.09 Å². The summed E-state index contributed by atoms with van der Waals surface area (Å²) in [5, 5.41) is 3.55. The van der Waals surface area contributed by atoms with Crippen molar-refractivity contribution in [2.24, 2.45) is 0 Å². The van der Waals surface area contributed by atoms with E-state index >= 15 is 0 Å². The summed E-state index contributed by atoms with van der Waals surface area (Å²) in [4.78, 5) is 0. The first-order chi connectivity index (χ1) is 9.27. The molecule has 22 heavy (non-hydrogen) atoms. The van der Waals surface area contributed by atoms with Crippen molar-refractivity contribution in [2.75, 3.05) is 19.9 Å². The molecule has 0 unspecified atom stereocenters. The molecular formula is C17H41NNa3P. The molecule has 0 aliphatic rings. The van der Waals surface area contributed by atoms with Crippen LogP contribution in [-0.2, 0) is 0 Å². The average molecular weight is 359 g/mol. The van der Waals surface area contributed by atoms with E-state index in [9.17, 15) is 0 Å². The maximum atomic E-state index is 3.55. The summed E-state index contributed by atoms with van der Waals surface area (Å²) in [6.07, 6.45) is 18.8. The molecule has 0 radical (unpaired) electrons. The Labute approximate surface area is 209 Å². The molecule has 1 nitrogen and oxygen atoms in total. The van der Waals surface area contributed by atoms with E-state index in [1.54, 1.807) is 0 Å². The first-order valence-electron chi connectivity index (χ1n) is 8.68. The van der Waals surface area contributed by atoms with E-state index in [1.165, 1.54) is 90.0 Å². The molecule has 0 aromatic rings. The van der Waals surface area contributed by atoms with Gasteiger partial charge in [-0.2, -0.15) is 0 Å². The van der Waals surface area contributed by atoms with Crippen molar-refractivity contribution in [3.8, 4) is 0 Å². The Morgan fingerprint density at radius 2 is 0.864 bits per heavy atom. The van der Waals surface area contributed by atoms with E-state index in [0.29, 0.717) is 0 Å². The van der Waals surface area contributed by atoms with E-state index in [2.05, 4.69) is 25.3 Å².